The van der Waals surface area contributed by atoms with Crippen molar-refractivity contribution in [2.45, 2.75) is 136 Å². The van der Waals surface area contributed by atoms with Gasteiger partial charge in [0.15, 0.2) is 0 Å². The molecule has 5 heteroatoms. The highest BCUT2D eigenvalue weighted by Gasteiger charge is 2.39. The lowest BCUT2D eigenvalue weighted by Gasteiger charge is -2.23. The molecule has 4 fully saturated rings. The molecular weight excluding hydrogens is 548 g/mol. The number of ketones is 3. The van der Waals surface area contributed by atoms with Crippen LogP contribution in [-0.2, 0) is 30.5 Å². The molecule has 0 spiro atoms. The summed E-state index contributed by atoms with van der Waals surface area (Å²) in [5, 5.41) is 0. The largest absolute Gasteiger partial charge is 0.461 e. The molecule has 4 aliphatic rings. The number of ether oxygens (including phenoxy) is 1. The van der Waals surface area contributed by atoms with E-state index in [1.54, 1.807) is 0 Å². The predicted molar refractivity (Wildman–Crippen MR) is 173 cm³/mol. The summed E-state index contributed by atoms with van der Waals surface area (Å²) in [4.78, 5) is 52.7. The van der Waals surface area contributed by atoms with Gasteiger partial charge in [0.25, 0.3) is 0 Å². The molecule has 0 aromatic heterocycles. The summed E-state index contributed by atoms with van der Waals surface area (Å²) < 4.78 is 5.66. The third-order valence-electron chi connectivity index (χ3n) is 12.2. The fraction of sp³-hybridized carbons (Fsp3) is 0.744. The molecule has 0 radical (unpaired) electrons. The zero-order chi connectivity index (χ0) is 30.9. The molecule has 0 aliphatic heterocycles. The number of carbonyl (C=O) groups is 4. The molecule has 0 unspecified atom stereocenters. The Morgan fingerprint density at radius 3 is 1.45 bits per heavy atom. The summed E-state index contributed by atoms with van der Waals surface area (Å²) in [5.41, 5.74) is 0.999. The van der Waals surface area contributed by atoms with E-state index < -0.39 is 0 Å². The van der Waals surface area contributed by atoms with Crippen LogP contribution in [0.25, 0.3) is 0 Å². The second kappa shape index (κ2) is 16.3. The van der Waals surface area contributed by atoms with Crippen molar-refractivity contribution in [3.63, 3.8) is 0 Å². The summed E-state index contributed by atoms with van der Waals surface area (Å²) in [6.07, 6.45) is 17.9. The molecule has 4 saturated carbocycles. The average Bonchev–Trinajstić information content (AvgIpc) is 3.87. The van der Waals surface area contributed by atoms with E-state index in [-0.39, 0.29) is 35.6 Å². The van der Waals surface area contributed by atoms with Crippen LogP contribution in [0.2, 0.25) is 0 Å². The summed E-state index contributed by atoms with van der Waals surface area (Å²) in [6, 6.07) is 9.80. The fourth-order valence-corrected chi connectivity index (χ4v) is 9.63. The Morgan fingerprint density at radius 1 is 0.568 bits per heavy atom. The highest BCUT2D eigenvalue weighted by molar-refractivity contribution is 5.84. The van der Waals surface area contributed by atoms with Crippen LogP contribution in [-0.4, -0.2) is 23.3 Å². The first kappa shape index (κ1) is 33.1. The van der Waals surface area contributed by atoms with Crippen molar-refractivity contribution in [1.82, 2.24) is 0 Å². The van der Waals surface area contributed by atoms with Crippen molar-refractivity contribution in [1.29, 1.82) is 0 Å². The molecule has 0 amide bonds. The van der Waals surface area contributed by atoms with Crippen LogP contribution in [0.15, 0.2) is 30.3 Å². The van der Waals surface area contributed by atoms with Crippen LogP contribution in [0.5, 0.6) is 0 Å². The van der Waals surface area contributed by atoms with Crippen LogP contribution >= 0.6 is 0 Å². The zero-order valence-electron chi connectivity index (χ0n) is 27.2. The van der Waals surface area contributed by atoms with E-state index in [1.165, 1.54) is 12.8 Å². The number of hydrogen-bond acceptors (Lipinski definition) is 5. The lowest BCUT2D eigenvalue weighted by Crippen LogP contribution is -2.25. The molecule has 1 aromatic carbocycles. The molecule has 4 aliphatic carbocycles. The first-order valence-corrected chi connectivity index (χ1v) is 18.2. The first-order valence-electron chi connectivity index (χ1n) is 18.2. The second-order valence-electron chi connectivity index (χ2n) is 14.7. The number of benzene rings is 1. The summed E-state index contributed by atoms with van der Waals surface area (Å²) in [7, 11) is 0. The average molecular weight is 605 g/mol. The maximum atomic E-state index is 13.4. The van der Waals surface area contributed by atoms with Gasteiger partial charge in [-0.2, -0.15) is 0 Å². The zero-order valence-corrected chi connectivity index (χ0v) is 27.2. The summed E-state index contributed by atoms with van der Waals surface area (Å²) >= 11 is 0. The minimum absolute atomic E-state index is 0.0719. The summed E-state index contributed by atoms with van der Waals surface area (Å²) in [5.74, 6) is 2.92. The van der Waals surface area contributed by atoms with Crippen molar-refractivity contribution in [2.75, 3.05) is 0 Å². The first-order chi connectivity index (χ1) is 21.4. The van der Waals surface area contributed by atoms with Crippen LogP contribution in [0.3, 0.4) is 0 Å². The highest BCUT2D eigenvalue weighted by Crippen LogP contribution is 2.42. The lowest BCUT2D eigenvalue weighted by atomic mass is 9.80. The van der Waals surface area contributed by atoms with E-state index in [0.29, 0.717) is 61.0 Å². The molecule has 0 heterocycles. The van der Waals surface area contributed by atoms with Gasteiger partial charge in [0, 0.05) is 37.0 Å². The molecule has 5 nitrogen and oxygen atoms in total. The second-order valence-corrected chi connectivity index (χ2v) is 14.7. The van der Waals surface area contributed by atoms with Gasteiger partial charge in [0.1, 0.15) is 24.0 Å². The van der Waals surface area contributed by atoms with Gasteiger partial charge in [-0.3, -0.25) is 19.2 Å². The number of hydrogen-bond donors (Lipinski definition) is 0. The Bertz CT molecular complexity index is 1110. The lowest BCUT2D eigenvalue weighted by molar-refractivity contribution is -0.151. The maximum absolute atomic E-state index is 13.4. The Hall–Kier alpha value is -2.30. The summed E-state index contributed by atoms with van der Waals surface area (Å²) in [6.45, 7) is 2.52. The SMILES string of the molecule is CC[C@@H]1CCC[C@H]1C(=O)CC[C@@H]1CCC[C@H]1C(=O)CC[C@@H]1CCC[C@H]1C(=O)CC[C@@H]1CCC[C@H]1C(=O)OCc1ccccc1. The molecule has 44 heavy (non-hydrogen) atoms. The van der Waals surface area contributed by atoms with Crippen LogP contribution in [0, 0.1) is 47.3 Å². The quantitative estimate of drug-likeness (QED) is 0.176. The van der Waals surface area contributed by atoms with Crippen molar-refractivity contribution in [2.24, 2.45) is 47.3 Å². The van der Waals surface area contributed by atoms with Crippen molar-refractivity contribution >= 4 is 23.3 Å². The predicted octanol–water partition coefficient (Wildman–Crippen LogP) is 8.85. The van der Waals surface area contributed by atoms with Gasteiger partial charge in [-0.25, -0.2) is 0 Å². The van der Waals surface area contributed by atoms with Crippen molar-refractivity contribution in [3.8, 4) is 0 Å². The Labute approximate surface area is 265 Å². The van der Waals surface area contributed by atoms with Gasteiger partial charge >= 0.3 is 5.97 Å². The van der Waals surface area contributed by atoms with Gasteiger partial charge < -0.3 is 4.74 Å². The molecular formula is C39H56O5. The van der Waals surface area contributed by atoms with Crippen LogP contribution in [0.1, 0.15) is 134 Å². The maximum Gasteiger partial charge on any atom is 0.309 e. The molecule has 242 valence electrons. The van der Waals surface area contributed by atoms with Crippen molar-refractivity contribution < 1.29 is 23.9 Å². The number of Topliss-reactive ketones (excluding diaryl/α,β-unsaturated/α-hetero) is 3. The topological polar surface area (TPSA) is 77.5 Å². The van der Waals surface area contributed by atoms with Gasteiger partial charge in [0.05, 0.1) is 5.92 Å². The Kier molecular flexibility index (Phi) is 12.3. The van der Waals surface area contributed by atoms with E-state index in [9.17, 15) is 19.2 Å². The van der Waals surface area contributed by atoms with Crippen molar-refractivity contribution in [3.05, 3.63) is 35.9 Å². The van der Waals surface area contributed by atoms with E-state index in [4.69, 9.17) is 4.74 Å². The molecule has 0 saturated heterocycles. The number of rotatable bonds is 16. The Morgan fingerprint density at radius 2 is 0.977 bits per heavy atom. The van der Waals surface area contributed by atoms with Gasteiger partial charge in [-0.15, -0.1) is 0 Å². The third kappa shape index (κ3) is 8.49. The van der Waals surface area contributed by atoms with E-state index >= 15 is 0 Å². The molecule has 8 atom stereocenters. The van der Waals surface area contributed by atoms with Gasteiger partial charge in [0.2, 0.25) is 0 Å². The molecule has 0 N–H and O–H groups in total. The molecule has 0 bridgehead atoms. The minimum Gasteiger partial charge on any atom is -0.461 e. The Balaban J connectivity index is 1.04. The van der Waals surface area contributed by atoms with E-state index in [0.717, 1.165) is 95.5 Å². The number of esters is 1. The highest BCUT2D eigenvalue weighted by atomic mass is 16.5. The van der Waals surface area contributed by atoms with Crippen LogP contribution < -0.4 is 0 Å². The molecule has 5 rings (SSSR count). The van der Waals surface area contributed by atoms with Gasteiger partial charge in [-0.1, -0.05) is 69.4 Å². The van der Waals surface area contributed by atoms with E-state index in [1.807, 2.05) is 30.3 Å². The van der Waals surface area contributed by atoms with Gasteiger partial charge in [-0.05, 0) is 99.9 Å². The minimum atomic E-state index is -0.112. The normalized spacial score (nSPS) is 31.8. The number of carbonyl (C=O) groups excluding carboxylic acids is 4. The monoisotopic (exact) mass is 604 g/mol. The van der Waals surface area contributed by atoms with Crippen LogP contribution in [0.4, 0.5) is 0 Å². The van der Waals surface area contributed by atoms with E-state index in [2.05, 4.69) is 6.92 Å². The standard InChI is InChI=1S/C39H56O5/c1-2-28-12-6-16-32(28)36(40)23-20-29-13-7-17-33(29)37(41)24-21-30-14-8-18-34(30)38(42)25-22-31-15-9-19-35(31)39(43)44-26-27-10-4-3-5-11-27/h3-5,10-11,28-35H,2,6-9,12-26H2,1H3/t28-,29+,30+,31+,32-,33-,34-,35-/m1/s1. The third-order valence-corrected chi connectivity index (χ3v) is 12.2. The fourth-order valence-electron chi connectivity index (χ4n) is 9.63. The smallest absolute Gasteiger partial charge is 0.309 e. The molecule has 1 aromatic rings.